The molecule has 1 aromatic heterocycles. The molecule has 0 amide bonds. The van der Waals surface area contributed by atoms with Crippen LogP contribution in [0.15, 0.2) is 78.0 Å². The second kappa shape index (κ2) is 11.0. The number of nitrogens with zero attached hydrogens (tertiary/aromatic N) is 4. The molecule has 35 heavy (non-hydrogen) atoms. The Labute approximate surface area is 208 Å². The number of hydrogen-bond acceptors (Lipinski definition) is 6. The van der Waals surface area contributed by atoms with E-state index in [0.717, 1.165) is 43.0 Å². The largest absolute Gasteiger partial charge is 0.368 e. The fraction of sp³-hybridized carbons (Fsp3) is 0.333. The lowest BCUT2D eigenvalue weighted by molar-refractivity contribution is -0.118. The topological polar surface area (TPSA) is 73.8 Å². The van der Waals surface area contributed by atoms with Crippen molar-refractivity contribution in [3.8, 4) is 0 Å². The lowest BCUT2D eigenvalue weighted by Gasteiger charge is -2.37. The minimum absolute atomic E-state index is 0.0228. The SMILES string of the molecule is Cc1ccc(S(=O)(=O)N(C)CCC(=O)Cc2ccc(N3CCN(c4ccncc4)CC3)cc2)cc1. The van der Waals surface area contributed by atoms with Gasteiger partial charge in [0.25, 0.3) is 0 Å². The van der Waals surface area contributed by atoms with E-state index in [4.69, 9.17) is 0 Å². The van der Waals surface area contributed by atoms with Gasteiger partial charge in [-0.2, -0.15) is 0 Å². The molecule has 0 radical (unpaired) electrons. The smallest absolute Gasteiger partial charge is 0.242 e. The Balaban J connectivity index is 1.25. The van der Waals surface area contributed by atoms with Crippen LogP contribution in [0, 0.1) is 6.92 Å². The third-order valence-electron chi connectivity index (χ3n) is 6.45. The fourth-order valence-corrected chi connectivity index (χ4v) is 5.38. The zero-order valence-electron chi connectivity index (χ0n) is 20.3. The van der Waals surface area contributed by atoms with E-state index in [1.807, 2.05) is 43.6 Å². The van der Waals surface area contributed by atoms with Crippen LogP contribution in [-0.2, 0) is 21.2 Å². The second-order valence-corrected chi connectivity index (χ2v) is 11.0. The standard InChI is InChI=1S/C27H32N4O3S/c1-22-3-9-27(10-4-22)35(33,34)29(2)16-13-26(32)21-23-5-7-24(8-6-23)30-17-19-31(20-18-30)25-11-14-28-15-12-25/h3-12,14-15H,13,16-21H2,1-2H3. The third-order valence-corrected chi connectivity index (χ3v) is 8.32. The number of aromatic nitrogens is 1. The number of piperazine rings is 1. The fourth-order valence-electron chi connectivity index (χ4n) is 4.21. The first-order valence-corrected chi connectivity index (χ1v) is 13.3. The molecule has 7 nitrogen and oxygen atoms in total. The molecule has 2 heterocycles. The van der Waals surface area contributed by atoms with Crippen LogP contribution in [-0.4, -0.2) is 63.3 Å². The van der Waals surface area contributed by atoms with E-state index < -0.39 is 10.0 Å². The highest BCUT2D eigenvalue weighted by atomic mass is 32.2. The molecule has 1 aliphatic rings. The third kappa shape index (κ3) is 6.26. The summed E-state index contributed by atoms with van der Waals surface area (Å²) in [6.07, 6.45) is 4.13. The Morgan fingerprint density at radius 2 is 1.40 bits per heavy atom. The van der Waals surface area contributed by atoms with Crippen molar-refractivity contribution >= 4 is 27.2 Å². The molecule has 0 atom stereocenters. The van der Waals surface area contributed by atoms with E-state index in [0.29, 0.717) is 6.42 Å². The molecular weight excluding hydrogens is 460 g/mol. The zero-order chi connectivity index (χ0) is 24.8. The van der Waals surface area contributed by atoms with E-state index in [2.05, 4.69) is 26.9 Å². The number of ketones is 1. The summed E-state index contributed by atoms with van der Waals surface area (Å²) in [5.41, 5.74) is 4.29. The number of aryl methyl sites for hydroxylation is 1. The van der Waals surface area contributed by atoms with Gasteiger partial charge in [-0.25, -0.2) is 12.7 Å². The summed E-state index contributed by atoms with van der Waals surface area (Å²) in [6, 6.07) is 19.0. The first kappa shape index (κ1) is 24.9. The van der Waals surface area contributed by atoms with E-state index >= 15 is 0 Å². The predicted octanol–water partition coefficient (Wildman–Crippen LogP) is 3.54. The van der Waals surface area contributed by atoms with Gasteiger partial charge in [-0.1, -0.05) is 29.8 Å². The number of Topliss-reactive ketones (excluding diaryl/α,β-unsaturated/α-hetero) is 1. The van der Waals surface area contributed by atoms with Gasteiger partial charge in [0, 0.05) is 76.4 Å². The van der Waals surface area contributed by atoms with Crippen molar-refractivity contribution < 1.29 is 13.2 Å². The normalized spacial score (nSPS) is 14.4. The number of pyridine rings is 1. The van der Waals surface area contributed by atoms with Gasteiger partial charge in [0.05, 0.1) is 4.90 Å². The van der Waals surface area contributed by atoms with Crippen LogP contribution in [0.25, 0.3) is 0 Å². The minimum Gasteiger partial charge on any atom is -0.368 e. The van der Waals surface area contributed by atoms with E-state index in [1.54, 1.807) is 24.3 Å². The Morgan fingerprint density at radius 1 is 0.857 bits per heavy atom. The van der Waals surface area contributed by atoms with Gasteiger partial charge >= 0.3 is 0 Å². The van der Waals surface area contributed by atoms with Crippen LogP contribution in [0.4, 0.5) is 11.4 Å². The number of carbonyl (C=O) groups excluding carboxylic acids is 1. The van der Waals surface area contributed by atoms with Crippen LogP contribution in [0.5, 0.6) is 0 Å². The number of rotatable bonds is 9. The number of hydrogen-bond donors (Lipinski definition) is 0. The van der Waals surface area contributed by atoms with Gasteiger partial charge in [0.15, 0.2) is 0 Å². The number of benzene rings is 2. The highest BCUT2D eigenvalue weighted by Crippen LogP contribution is 2.21. The number of carbonyl (C=O) groups is 1. The average molecular weight is 493 g/mol. The Morgan fingerprint density at radius 3 is 1.97 bits per heavy atom. The van der Waals surface area contributed by atoms with Crippen molar-refractivity contribution in [1.82, 2.24) is 9.29 Å². The van der Waals surface area contributed by atoms with E-state index in [9.17, 15) is 13.2 Å². The lowest BCUT2D eigenvalue weighted by atomic mass is 10.1. The molecule has 4 rings (SSSR count). The highest BCUT2D eigenvalue weighted by Gasteiger charge is 2.21. The van der Waals surface area contributed by atoms with Gasteiger partial charge in [-0.15, -0.1) is 0 Å². The quantitative estimate of drug-likeness (QED) is 0.455. The van der Waals surface area contributed by atoms with Crippen molar-refractivity contribution in [2.24, 2.45) is 0 Å². The van der Waals surface area contributed by atoms with Crippen molar-refractivity contribution in [1.29, 1.82) is 0 Å². The Hall–Kier alpha value is -3.23. The number of sulfonamides is 1. The molecule has 0 saturated carbocycles. The summed E-state index contributed by atoms with van der Waals surface area (Å²) < 4.78 is 26.7. The Kier molecular flexibility index (Phi) is 7.83. The van der Waals surface area contributed by atoms with Crippen molar-refractivity contribution in [3.63, 3.8) is 0 Å². The summed E-state index contributed by atoms with van der Waals surface area (Å²) in [5, 5.41) is 0. The molecule has 0 N–H and O–H groups in total. The molecule has 1 saturated heterocycles. The predicted molar refractivity (Wildman–Crippen MR) is 139 cm³/mol. The molecule has 0 spiro atoms. The van der Waals surface area contributed by atoms with Gasteiger partial charge < -0.3 is 9.80 Å². The Bertz CT molecular complexity index is 1220. The first-order valence-electron chi connectivity index (χ1n) is 11.9. The molecule has 3 aromatic rings. The van der Waals surface area contributed by atoms with Gasteiger partial charge in [0.2, 0.25) is 10.0 Å². The minimum atomic E-state index is -3.60. The lowest BCUT2D eigenvalue weighted by Crippen LogP contribution is -2.46. The molecular formula is C27H32N4O3S. The van der Waals surface area contributed by atoms with Crippen LogP contribution >= 0.6 is 0 Å². The van der Waals surface area contributed by atoms with E-state index in [-0.39, 0.29) is 23.6 Å². The van der Waals surface area contributed by atoms with Crippen molar-refractivity contribution in [3.05, 3.63) is 84.2 Å². The molecule has 8 heteroatoms. The number of anilines is 2. The van der Waals surface area contributed by atoms with Gasteiger partial charge in [0.1, 0.15) is 5.78 Å². The molecule has 2 aromatic carbocycles. The van der Waals surface area contributed by atoms with Crippen LogP contribution < -0.4 is 9.80 Å². The highest BCUT2D eigenvalue weighted by molar-refractivity contribution is 7.89. The van der Waals surface area contributed by atoms with Crippen LogP contribution in [0.3, 0.4) is 0 Å². The molecule has 0 bridgehead atoms. The summed E-state index contributed by atoms with van der Waals surface area (Å²) in [6.45, 7) is 5.83. The van der Waals surface area contributed by atoms with Crippen LogP contribution in [0.1, 0.15) is 17.5 Å². The first-order chi connectivity index (χ1) is 16.8. The molecule has 0 aliphatic carbocycles. The molecule has 1 aliphatic heterocycles. The zero-order valence-corrected chi connectivity index (χ0v) is 21.1. The summed E-state index contributed by atoms with van der Waals surface area (Å²) in [5.74, 6) is 0.0228. The summed E-state index contributed by atoms with van der Waals surface area (Å²) >= 11 is 0. The maximum Gasteiger partial charge on any atom is 0.242 e. The van der Waals surface area contributed by atoms with Crippen LogP contribution in [0.2, 0.25) is 0 Å². The van der Waals surface area contributed by atoms with Crippen molar-refractivity contribution in [2.45, 2.75) is 24.7 Å². The molecule has 0 unspecified atom stereocenters. The second-order valence-electron chi connectivity index (χ2n) is 8.95. The summed E-state index contributed by atoms with van der Waals surface area (Å²) in [7, 11) is -2.08. The maximum atomic E-state index is 12.7. The molecule has 184 valence electrons. The maximum absolute atomic E-state index is 12.7. The van der Waals surface area contributed by atoms with Gasteiger partial charge in [-0.05, 0) is 48.9 Å². The monoisotopic (exact) mass is 492 g/mol. The van der Waals surface area contributed by atoms with Gasteiger partial charge in [-0.3, -0.25) is 9.78 Å². The summed E-state index contributed by atoms with van der Waals surface area (Å²) in [4.78, 5) is 21.6. The van der Waals surface area contributed by atoms with Crippen molar-refractivity contribution in [2.75, 3.05) is 49.6 Å². The van der Waals surface area contributed by atoms with E-state index in [1.165, 1.54) is 17.0 Å². The average Bonchev–Trinajstić information content (AvgIpc) is 2.88. The molecule has 1 fully saturated rings.